The van der Waals surface area contributed by atoms with Gasteiger partial charge in [0.15, 0.2) is 6.23 Å². The second-order valence-corrected chi connectivity index (χ2v) is 18.2. The van der Waals surface area contributed by atoms with E-state index in [4.69, 9.17) is 32.7 Å². The SMILES string of the molecule is C=C(C)C1CCC2C3CC=C4CC(OC(=O)CCC(=O)OC(C)N(C)[C@H]5CC[C@@H](c6ccc(Cl)c(Cl)c6)c6ccccc65)CCC4(C)C3CCC12C. The molecule has 7 heteroatoms. The summed E-state index contributed by atoms with van der Waals surface area (Å²) < 4.78 is 11.9. The summed E-state index contributed by atoms with van der Waals surface area (Å²) in [5.74, 6) is 2.45. The van der Waals surface area contributed by atoms with Gasteiger partial charge in [-0.25, -0.2) is 0 Å². The van der Waals surface area contributed by atoms with Gasteiger partial charge in [-0.15, -0.1) is 0 Å². The van der Waals surface area contributed by atoms with Crippen LogP contribution in [0.4, 0.5) is 0 Å². The molecule has 10 atom stereocenters. The average Bonchev–Trinajstić information content (AvgIpc) is 3.49. The van der Waals surface area contributed by atoms with Crippen molar-refractivity contribution in [3.63, 3.8) is 0 Å². The van der Waals surface area contributed by atoms with Crippen molar-refractivity contribution in [3.8, 4) is 0 Å². The van der Waals surface area contributed by atoms with Gasteiger partial charge in [-0.1, -0.05) is 91.2 Å². The number of hydrogen-bond acceptors (Lipinski definition) is 5. The lowest BCUT2D eigenvalue weighted by atomic mass is 9.47. The highest BCUT2D eigenvalue weighted by molar-refractivity contribution is 6.42. The summed E-state index contributed by atoms with van der Waals surface area (Å²) in [6, 6.07) is 14.5. The minimum Gasteiger partial charge on any atom is -0.462 e. The van der Waals surface area contributed by atoms with E-state index in [9.17, 15) is 9.59 Å². The van der Waals surface area contributed by atoms with Crippen molar-refractivity contribution in [3.05, 3.63) is 93.0 Å². The van der Waals surface area contributed by atoms with Gasteiger partial charge in [-0.05, 0) is 142 Å². The zero-order chi connectivity index (χ0) is 36.9. The molecule has 0 bridgehead atoms. The molecule has 5 aliphatic rings. The van der Waals surface area contributed by atoms with Gasteiger partial charge in [0.25, 0.3) is 0 Å². The highest BCUT2D eigenvalue weighted by Gasteiger charge is 2.58. The van der Waals surface area contributed by atoms with Gasteiger partial charge in [-0.3, -0.25) is 14.5 Å². The van der Waals surface area contributed by atoms with Crippen LogP contribution in [0.1, 0.15) is 133 Å². The minimum absolute atomic E-state index is 0.0138. The molecule has 0 N–H and O–H groups in total. The van der Waals surface area contributed by atoms with Gasteiger partial charge in [0, 0.05) is 18.4 Å². The van der Waals surface area contributed by atoms with Gasteiger partial charge in [0.05, 0.1) is 22.9 Å². The molecule has 0 spiro atoms. The van der Waals surface area contributed by atoms with E-state index in [-0.39, 0.29) is 48.3 Å². The van der Waals surface area contributed by atoms with E-state index in [0.717, 1.165) is 55.9 Å². The van der Waals surface area contributed by atoms with E-state index in [1.807, 2.05) is 26.1 Å². The normalized spacial score (nSPS) is 34.2. The molecular weight excluding hydrogens is 689 g/mol. The van der Waals surface area contributed by atoms with Crippen molar-refractivity contribution >= 4 is 35.1 Å². The van der Waals surface area contributed by atoms with Crippen molar-refractivity contribution in [2.24, 2.45) is 34.5 Å². The van der Waals surface area contributed by atoms with Crippen LogP contribution in [0.5, 0.6) is 0 Å². The summed E-state index contributed by atoms with van der Waals surface area (Å²) in [6.07, 6.45) is 13.0. The summed E-state index contributed by atoms with van der Waals surface area (Å²) in [4.78, 5) is 28.2. The first-order valence-corrected chi connectivity index (χ1v) is 20.5. The van der Waals surface area contributed by atoms with Crippen molar-refractivity contribution in [1.82, 2.24) is 4.90 Å². The van der Waals surface area contributed by atoms with Crippen molar-refractivity contribution in [2.45, 2.75) is 129 Å². The second-order valence-electron chi connectivity index (χ2n) is 17.3. The van der Waals surface area contributed by atoms with Crippen LogP contribution in [0.15, 0.2) is 66.3 Å². The summed E-state index contributed by atoms with van der Waals surface area (Å²) >= 11 is 12.6. The van der Waals surface area contributed by atoms with Gasteiger partial charge in [0.2, 0.25) is 0 Å². The Balaban J connectivity index is 0.902. The van der Waals surface area contributed by atoms with Crippen LogP contribution in [-0.4, -0.2) is 36.2 Å². The first-order chi connectivity index (χ1) is 24.8. The van der Waals surface area contributed by atoms with Crippen LogP contribution in [0, 0.1) is 34.5 Å². The van der Waals surface area contributed by atoms with Crippen LogP contribution >= 0.6 is 23.2 Å². The molecule has 0 heterocycles. The summed E-state index contributed by atoms with van der Waals surface area (Å²) in [7, 11) is 2.00. The fraction of sp³-hybridized carbons (Fsp3) is 0.600. The Morgan fingerprint density at radius 3 is 2.42 bits per heavy atom. The molecule has 5 nitrogen and oxygen atoms in total. The van der Waals surface area contributed by atoms with Crippen LogP contribution in [0.3, 0.4) is 0 Å². The molecule has 8 unspecified atom stereocenters. The Morgan fingerprint density at radius 2 is 1.67 bits per heavy atom. The van der Waals surface area contributed by atoms with Crippen LogP contribution in [0.25, 0.3) is 0 Å². The third-order valence-corrected chi connectivity index (χ3v) is 15.4. The van der Waals surface area contributed by atoms with E-state index in [2.05, 4.69) is 68.7 Å². The molecule has 52 heavy (non-hydrogen) atoms. The Bertz CT molecular complexity index is 1740. The first-order valence-electron chi connectivity index (χ1n) is 19.8. The minimum atomic E-state index is -0.449. The third kappa shape index (κ3) is 6.92. The van der Waals surface area contributed by atoms with E-state index in [0.29, 0.717) is 27.3 Å². The number of fused-ring (bicyclic) bond motifs is 6. The first kappa shape index (κ1) is 37.7. The molecular formula is C45H57Cl2NO4. The van der Waals surface area contributed by atoms with E-state index in [1.165, 1.54) is 48.0 Å². The number of benzene rings is 2. The number of carbonyl (C=O) groups excluding carboxylic acids is 2. The molecule has 7 rings (SSSR count). The molecule has 3 fully saturated rings. The largest absolute Gasteiger partial charge is 0.462 e. The Morgan fingerprint density at radius 1 is 0.923 bits per heavy atom. The molecule has 0 aromatic heterocycles. The Labute approximate surface area is 321 Å². The van der Waals surface area contributed by atoms with Crippen LogP contribution < -0.4 is 0 Å². The molecule has 0 amide bonds. The van der Waals surface area contributed by atoms with Crippen molar-refractivity contribution in [1.29, 1.82) is 0 Å². The molecule has 0 saturated heterocycles. The number of allylic oxidation sites excluding steroid dienone is 2. The highest BCUT2D eigenvalue weighted by Crippen LogP contribution is 2.67. The number of nitrogens with zero attached hydrogens (tertiary/aromatic N) is 1. The van der Waals surface area contributed by atoms with Gasteiger partial charge in [0.1, 0.15) is 6.10 Å². The maximum absolute atomic E-state index is 13.0. The third-order valence-electron chi connectivity index (χ3n) is 14.7. The smallest absolute Gasteiger partial charge is 0.307 e. The monoisotopic (exact) mass is 745 g/mol. The Kier molecular flexibility index (Phi) is 10.8. The summed E-state index contributed by atoms with van der Waals surface area (Å²) in [5.41, 5.74) is 7.10. The number of esters is 2. The molecule has 3 saturated carbocycles. The molecule has 0 radical (unpaired) electrons. The average molecular weight is 747 g/mol. The number of rotatable bonds is 9. The van der Waals surface area contributed by atoms with Gasteiger partial charge >= 0.3 is 11.9 Å². The topological polar surface area (TPSA) is 55.8 Å². The van der Waals surface area contributed by atoms with Gasteiger partial charge < -0.3 is 9.47 Å². The van der Waals surface area contributed by atoms with Crippen molar-refractivity contribution < 1.29 is 19.1 Å². The number of hydrogen-bond donors (Lipinski definition) is 0. The van der Waals surface area contributed by atoms with Crippen LogP contribution in [-0.2, 0) is 19.1 Å². The quantitative estimate of drug-likeness (QED) is 0.145. The highest BCUT2D eigenvalue weighted by atomic mass is 35.5. The lowest BCUT2D eigenvalue weighted by molar-refractivity contribution is -0.163. The van der Waals surface area contributed by atoms with E-state index in [1.54, 1.807) is 0 Å². The Hall–Kier alpha value is -2.60. The zero-order valence-electron chi connectivity index (χ0n) is 31.8. The predicted molar refractivity (Wildman–Crippen MR) is 209 cm³/mol. The predicted octanol–water partition coefficient (Wildman–Crippen LogP) is 11.6. The molecule has 5 aliphatic carbocycles. The standard InChI is InChI=1S/C45H57Cl2NO4/c1-27(2)36-15-16-37-35-13-12-30-26-31(21-23-44(30,4)38(35)22-24-45(36,37)5)52-43(50)20-19-42(49)51-28(3)48(6)41-18-14-32(33-9-7-8-10-34(33)41)29-11-17-39(46)40(47)25-29/h7-12,17,25,28,31-32,35-38,41H,1,13-16,18-24,26H2,2-6H3/t28?,31?,32-,35?,36?,37?,38?,41-,44?,45?/m0/s1. The molecule has 2 aromatic carbocycles. The summed E-state index contributed by atoms with van der Waals surface area (Å²) in [5, 5.41) is 1.12. The number of halogens is 2. The number of ether oxygens (including phenoxy) is 2. The molecule has 0 aliphatic heterocycles. The fourth-order valence-electron chi connectivity index (χ4n) is 11.8. The maximum Gasteiger partial charge on any atom is 0.307 e. The van der Waals surface area contributed by atoms with Crippen molar-refractivity contribution in [2.75, 3.05) is 7.05 Å². The second kappa shape index (κ2) is 14.9. The molecule has 280 valence electrons. The maximum atomic E-state index is 13.0. The van der Waals surface area contributed by atoms with Crippen LogP contribution in [0.2, 0.25) is 10.0 Å². The van der Waals surface area contributed by atoms with Gasteiger partial charge in [-0.2, -0.15) is 0 Å². The zero-order valence-corrected chi connectivity index (χ0v) is 33.3. The van der Waals surface area contributed by atoms with E-state index >= 15 is 0 Å². The lowest BCUT2D eigenvalue weighted by Gasteiger charge is -2.58. The lowest BCUT2D eigenvalue weighted by Crippen LogP contribution is -2.50. The molecule has 2 aromatic rings. The number of carbonyl (C=O) groups is 2. The van der Waals surface area contributed by atoms with E-state index < -0.39 is 6.23 Å². The fourth-order valence-corrected chi connectivity index (χ4v) is 12.1. The summed E-state index contributed by atoms with van der Waals surface area (Å²) in [6.45, 7) is 13.6.